The van der Waals surface area contributed by atoms with E-state index in [4.69, 9.17) is 15.2 Å². The van der Waals surface area contributed by atoms with Crippen LogP contribution < -0.4 is 30.6 Å². The fourth-order valence-electron chi connectivity index (χ4n) is 2.87. The third-order valence-corrected chi connectivity index (χ3v) is 5.79. The number of carbonyl (C=O) groups is 2. The summed E-state index contributed by atoms with van der Waals surface area (Å²) in [6.07, 6.45) is 0. The summed E-state index contributed by atoms with van der Waals surface area (Å²) in [6, 6.07) is 8.90. The molecule has 3 amide bonds. The van der Waals surface area contributed by atoms with Crippen LogP contribution in [0, 0.1) is 5.92 Å². The van der Waals surface area contributed by atoms with Crippen LogP contribution in [0.15, 0.2) is 47.4 Å². The second kappa shape index (κ2) is 10.7. The lowest BCUT2D eigenvalue weighted by molar-refractivity contribution is -0.118. The van der Waals surface area contributed by atoms with Gasteiger partial charge in [0.1, 0.15) is 22.4 Å². The number of methoxy groups -OCH3 is 1. The van der Waals surface area contributed by atoms with Gasteiger partial charge in [-0.3, -0.25) is 9.52 Å². The number of sulfonamides is 1. The lowest BCUT2D eigenvalue weighted by Crippen LogP contribution is -2.49. The summed E-state index contributed by atoms with van der Waals surface area (Å²) in [7, 11) is -2.71. The van der Waals surface area contributed by atoms with Crippen molar-refractivity contribution in [3.8, 4) is 11.5 Å². The number of ether oxygens (including phenoxy) is 2. The Bertz CT molecular complexity index is 1050. The predicted molar refractivity (Wildman–Crippen MR) is 121 cm³/mol. The first-order valence-corrected chi connectivity index (χ1v) is 11.4. The van der Waals surface area contributed by atoms with Crippen LogP contribution in [-0.4, -0.2) is 40.1 Å². The van der Waals surface area contributed by atoms with Gasteiger partial charge in [0.15, 0.2) is 0 Å². The minimum absolute atomic E-state index is 0.0945. The van der Waals surface area contributed by atoms with Gasteiger partial charge >= 0.3 is 6.03 Å². The van der Waals surface area contributed by atoms with Crippen molar-refractivity contribution in [3.05, 3.63) is 42.5 Å². The summed E-state index contributed by atoms with van der Waals surface area (Å²) in [6.45, 7) is 5.82. The minimum Gasteiger partial charge on any atom is -0.495 e. The Morgan fingerprint density at radius 2 is 1.69 bits per heavy atom. The van der Waals surface area contributed by atoms with Crippen molar-refractivity contribution >= 4 is 33.3 Å². The smallest absolute Gasteiger partial charge is 0.312 e. The third kappa shape index (κ3) is 6.51. The van der Waals surface area contributed by atoms with Gasteiger partial charge in [0.05, 0.1) is 13.7 Å². The Balaban J connectivity index is 2.29. The normalized spacial score (nSPS) is 12.0. The summed E-state index contributed by atoms with van der Waals surface area (Å²) in [5.41, 5.74) is 5.68. The first-order valence-electron chi connectivity index (χ1n) is 9.88. The molecule has 0 radical (unpaired) electrons. The molecule has 0 aromatic heterocycles. The van der Waals surface area contributed by atoms with Gasteiger partial charge in [-0.1, -0.05) is 13.8 Å². The van der Waals surface area contributed by atoms with Crippen molar-refractivity contribution in [2.45, 2.75) is 31.7 Å². The lowest BCUT2D eigenvalue weighted by Gasteiger charge is -2.21. The molecule has 0 fully saturated rings. The average molecular weight is 465 g/mol. The van der Waals surface area contributed by atoms with Gasteiger partial charge in [0.25, 0.3) is 10.0 Å². The van der Waals surface area contributed by atoms with Crippen molar-refractivity contribution in [1.82, 2.24) is 5.32 Å². The number of hydrogen-bond acceptors (Lipinski definition) is 6. The number of primary amides is 1. The number of benzene rings is 2. The van der Waals surface area contributed by atoms with Gasteiger partial charge in [-0.2, -0.15) is 0 Å². The predicted octanol–water partition coefficient (Wildman–Crippen LogP) is 2.53. The summed E-state index contributed by atoms with van der Waals surface area (Å²) < 4.78 is 39.0. The van der Waals surface area contributed by atoms with Crippen molar-refractivity contribution in [3.63, 3.8) is 0 Å². The number of hydrogen-bond donors (Lipinski definition) is 4. The summed E-state index contributed by atoms with van der Waals surface area (Å²) in [4.78, 5) is 23.6. The van der Waals surface area contributed by atoms with Crippen LogP contribution >= 0.6 is 0 Å². The van der Waals surface area contributed by atoms with Gasteiger partial charge in [0, 0.05) is 11.4 Å². The van der Waals surface area contributed by atoms with E-state index in [9.17, 15) is 18.0 Å². The Morgan fingerprint density at radius 3 is 2.22 bits per heavy atom. The Kier molecular flexibility index (Phi) is 8.30. The number of anilines is 2. The highest BCUT2D eigenvalue weighted by atomic mass is 32.2. The molecular weight excluding hydrogens is 436 g/mol. The molecule has 0 saturated heterocycles. The monoisotopic (exact) mass is 464 g/mol. The van der Waals surface area contributed by atoms with Crippen LogP contribution in [0.5, 0.6) is 11.5 Å². The molecule has 11 heteroatoms. The molecule has 0 saturated carbocycles. The maximum absolute atomic E-state index is 13.0. The molecule has 1 atom stereocenters. The molecule has 0 aliphatic carbocycles. The van der Waals surface area contributed by atoms with Crippen LogP contribution in [0.3, 0.4) is 0 Å². The van der Waals surface area contributed by atoms with E-state index in [2.05, 4.69) is 15.4 Å². The Labute approximate surface area is 187 Å². The van der Waals surface area contributed by atoms with Crippen LogP contribution in [0.1, 0.15) is 20.8 Å². The first-order chi connectivity index (χ1) is 15.1. The zero-order chi connectivity index (χ0) is 23.9. The zero-order valence-corrected chi connectivity index (χ0v) is 19.2. The largest absolute Gasteiger partial charge is 0.495 e. The van der Waals surface area contributed by atoms with Crippen LogP contribution in [0.25, 0.3) is 0 Å². The number of urea groups is 1. The van der Waals surface area contributed by atoms with E-state index in [1.165, 1.54) is 25.3 Å². The second-order valence-electron chi connectivity index (χ2n) is 7.15. The standard InChI is InChI=1S/C21H28N4O6S/c1-5-31-16-9-6-14(7-10-16)25-32(28,29)18-12-15(8-11-17(18)30-4)23-20(26)19(13(2)3)24-21(22)27/h6-13,19,25H,5H2,1-4H3,(H,23,26)(H3,22,24,27)/t19-/m0/s1. The van der Waals surface area contributed by atoms with Crippen molar-refractivity contribution in [2.24, 2.45) is 11.7 Å². The summed E-state index contributed by atoms with van der Waals surface area (Å²) >= 11 is 0. The van der Waals surface area contributed by atoms with Crippen molar-refractivity contribution in [2.75, 3.05) is 23.8 Å². The quantitative estimate of drug-likeness (QED) is 0.424. The van der Waals surface area contributed by atoms with Gasteiger partial charge in [0.2, 0.25) is 5.91 Å². The van der Waals surface area contributed by atoms with Crippen LogP contribution in [0.2, 0.25) is 0 Å². The molecule has 0 unspecified atom stereocenters. The molecule has 0 bridgehead atoms. The molecule has 32 heavy (non-hydrogen) atoms. The van der Waals surface area contributed by atoms with E-state index in [0.717, 1.165) is 0 Å². The SMILES string of the molecule is CCOc1ccc(NS(=O)(=O)c2cc(NC(=O)[C@@H](NC(N)=O)C(C)C)ccc2OC)cc1. The van der Waals surface area contributed by atoms with Gasteiger partial charge in [-0.15, -0.1) is 0 Å². The van der Waals surface area contributed by atoms with Crippen molar-refractivity contribution in [1.29, 1.82) is 0 Å². The molecule has 2 aromatic rings. The van der Waals surface area contributed by atoms with Crippen LogP contribution in [0.4, 0.5) is 16.2 Å². The fourth-order valence-corrected chi connectivity index (χ4v) is 4.12. The number of carbonyl (C=O) groups excluding carboxylic acids is 2. The number of amides is 3. The van der Waals surface area contributed by atoms with E-state index < -0.39 is 28.0 Å². The highest BCUT2D eigenvalue weighted by Crippen LogP contribution is 2.29. The molecule has 0 heterocycles. The molecule has 2 rings (SSSR count). The molecular formula is C21H28N4O6S. The van der Waals surface area contributed by atoms with E-state index in [1.807, 2.05) is 6.92 Å². The third-order valence-electron chi connectivity index (χ3n) is 4.39. The molecule has 10 nitrogen and oxygen atoms in total. The highest BCUT2D eigenvalue weighted by molar-refractivity contribution is 7.92. The van der Waals surface area contributed by atoms with E-state index in [1.54, 1.807) is 38.1 Å². The van der Waals surface area contributed by atoms with E-state index in [0.29, 0.717) is 18.0 Å². The zero-order valence-electron chi connectivity index (χ0n) is 18.3. The molecule has 0 aliphatic heterocycles. The Hall–Kier alpha value is -3.47. The average Bonchev–Trinajstić information content (AvgIpc) is 2.73. The number of nitrogens with one attached hydrogen (secondary N) is 3. The van der Waals surface area contributed by atoms with E-state index >= 15 is 0 Å². The van der Waals surface area contributed by atoms with Gasteiger partial charge in [-0.05, 0) is 55.3 Å². The molecule has 5 N–H and O–H groups in total. The van der Waals surface area contributed by atoms with Gasteiger partial charge < -0.3 is 25.8 Å². The minimum atomic E-state index is -4.05. The molecule has 0 aliphatic rings. The molecule has 2 aromatic carbocycles. The number of rotatable bonds is 10. The maximum atomic E-state index is 13.0. The summed E-state index contributed by atoms with van der Waals surface area (Å²) in [5.74, 6) is -0.0730. The molecule has 174 valence electrons. The maximum Gasteiger partial charge on any atom is 0.312 e. The summed E-state index contributed by atoms with van der Waals surface area (Å²) in [5, 5.41) is 4.98. The first kappa shape index (κ1) is 24.8. The van der Waals surface area contributed by atoms with E-state index in [-0.39, 0.29) is 22.3 Å². The lowest BCUT2D eigenvalue weighted by atomic mass is 10.0. The Morgan fingerprint density at radius 1 is 1.06 bits per heavy atom. The topological polar surface area (TPSA) is 149 Å². The van der Waals surface area contributed by atoms with Gasteiger partial charge in [-0.25, -0.2) is 13.2 Å². The molecule has 0 spiro atoms. The van der Waals surface area contributed by atoms with Crippen LogP contribution in [-0.2, 0) is 14.8 Å². The van der Waals surface area contributed by atoms with Crippen molar-refractivity contribution < 1.29 is 27.5 Å². The fraction of sp³-hybridized carbons (Fsp3) is 0.333. The highest BCUT2D eigenvalue weighted by Gasteiger charge is 2.25. The second-order valence-corrected chi connectivity index (χ2v) is 8.80. The number of nitrogens with two attached hydrogens (primary N) is 1.